The third-order valence-corrected chi connectivity index (χ3v) is 5.36. The van der Waals surface area contributed by atoms with Gasteiger partial charge in [0.25, 0.3) is 0 Å². The molecule has 36 heavy (non-hydrogen) atoms. The van der Waals surface area contributed by atoms with Crippen LogP contribution in [-0.4, -0.2) is 37.3 Å². The molecule has 2 heterocycles. The first-order chi connectivity index (χ1) is 17.1. The molecule has 0 aliphatic carbocycles. The molecule has 2 aromatic heterocycles. The quantitative estimate of drug-likeness (QED) is 0.311. The Labute approximate surface area is 201 Å². The number of alkyl halides is 2. The smallest absolute Gasteiger partial charge is 0.323 e. The van der Waals surface area contributed by atoms with Crippen LogP contribution in [0.25, 0.3) is 0 Å². The number of aromatic nitrogens is 5. The van der Waals surface area contributed by atoms with E-state index in [4.69, 9.17) is 0 Å². The molecule has 0 radical (unpaired) electrons. The molecule has 0 bridgehead atoms. The number of hydrogen-bond donors (Lipinski definition) is 2. The maximum atomic E-state index is 15.7. The number of tetrazole rings is 1. The summed E-state index contributed by atoms with van der Waals surface area (Å²) < 4.78 is 74.3. The zero-order valence-electron chi connectivity index (χ0n) is 18.6. The largest absolute Gasteiger partial charge is 0.388 e. The van der Waals surface area contributed by atoms with Crippen molar-refractivity contribution in [2.75, 3.05) is 12.4 Å². The lowest BCUT2D eigenvalue weighted by Crippen LogP contribution is -2.48. The second-order valence-corrected chi connectivity index (χ2v) is 7.69. The molecule has 0 amide bonds. The molecule has 0 saturated carbocycles. The average molecular weight is 500 g/mol. The van der Waals surface area contributed by atoms with E-state index in [0.29, 0.717) is 11.8 Å². The van der Waals surface area contributed by atoms with Crippen molar-refractivity contribution >= 4 is 5.69 Å². The molecule has 1 unspecified atom stereocenters. The summed E-state index contributed by atoms with van der Waals surface area (Å²) in [6, 6.07) is 8.27. The van der Waals surface area contributed by atoms with Crippen LogP contribution in [-0.2, 0) is 18.1 Å². The molecule has 1 atom stereocenters. The molecule has 0 spiro atoms. The van der Waals surface area contributed by atoms with Gasteiger partial charge >= 0.3 is 5.92 Å². The van der Waals surface area contributed by atoms with E-state index in [1.54, 1.807) is 13.1 Å². The number of rotatable bonds is 6. The zero-order chi connectivity index (χ0) is 25.9. The summed E-state index contributed by atoms with van der Waals surface area (Å²) in [5, 5.41) is 24.1. The molecule has 7 nitrogen and oxygen atoms in total. The maximum Gasteiger partial charge on any atom is 0.323 e. The van der Waals surface area contributed by atoms with Gasteiger partial charge in [-0.3, -0.25) is 4.98 Å². The summed E-state index contributed by atoms with van der Waals surface area (Å²) in [6.07, 6.45) is 1.96. The summed E-state index contributed by atoms with van der Waals surface area (Å²) in [7, 11) is 1.64. The number of halogens is 5. The van der Waals surface area contributed by atoms with Gasteiger partial charge in [0, 0.05) is 36.1 Å². The number of pyridine rings is 1. The SMILES string of the molecule is CNc1ccc(C#Cc2ccc(C(F)(F)C(O)(Cn3cnnn3)c3ccc(F)cc3F)nc2)c(F)c1. The van der Waals surface area contributed by atoms with Crippen LogP contribution in [0.4, 0.5) is 27.6 Å². The standard InChI is InChI=1S/C24H17F5N6O/c1-30-18-7-5-16(20(26)11-18)4-2-15-3-9-22(31-12-15)24(28,29)23(36,13-35-14-32-33-34-35)19-8-6-17(25)10-21(19)27/h3,5-12,14,30,36H,13H2,1H3. The number of nitrogens with one attached hydrogen (secondary N) is 1. The summed E-state index contributed by atoms with van der Waals surface area (Å²) in [4.78, 5) is 3.71. The van der Waals surface area contributed by atoms with E-state index in [-0.39, 0.29) is 11.1 Å². The van der Waals surface area contributed by atoms with Crippen LogP contribution in [0.2, 0.25) is 0 Å². The summed E-state index contributed by atoms with van der Waals surface area (Å²) in [6.45, 7) is -0.972. The fourth-order valence-corrected chi connectivity index (χ4v) is 3.44. The number of hydrogen-bond acceptors (Lipinski definition) is 6. The van der Waals surface area contributed by atoms with Crippen molar-refractivity contribution in [3.05, 3.63) is 101 Å². The molecule has 4 rings (SSSR count). The highest BCUT2D eigenvalue weighted by atomic mass is 19.3. The number of anilines is 1. The lowest BCUT2D eigenvalue weighted by atomic mass is 9.84. The van der Waals surface area contributed by atoms with E-state index in [0.717, 1.165) is 35.4 Å². The Morgan fingerprint density at radius 3 is 2.42 bits per heavy atom. The van der Waals surface area contributed by atoms with Gasteiger partial charge in [-0.25, -0.2) is 17.9 Å². The Morgan fingerprint density at radius 2 is 1.81 bits per heavy atom. The molecule has 12 heteroatoms. The summed E-state index contributed by atoms with van der Waals surface area (Å²) >= 11 is 0. The lowest BCUT2D eigenvalue weighted by Gasteiger charge is -2.35. The highest BCUT2D eigenvalue weighted by Crippen LogP contribution is 2.46. The molecule has 0 aliphatic heterocycles. The van der Waals surface area contributed by atoms with Crippen LogP contribution in [0.15, 0.2) is 61.1 Å². The molecule has 4 aromatic rings. The van der Waals surface area contributed by atoms with Crippen LogP contribution in [0.5, 0.6) is 0 Å². The van der Waals surface area contributed by atoms with Crippen LogP contribution in [0.3, 0.4) is 0 Å². The Morgan fingerprint density at radius 1 is 1.00 bits per heavy atom. The number of nitrogens with zero attached hydrogens (tertiary/aromatic N) is 5. The first-order valence-electron chi connectivity index (χ1n) is 10.4. The van der Waals surface area contributed by atoms with Gasteiger partial charge in [0.1, 0.15) is 29.5 Å². The van der Waals surface area contributed by atoms with Crippen molar-refractivity contribution in [2.45, 2.75) is 18.1 Å². The molecule has 2 N–H and O–H groups in total. The highest BCUT2D eigenvalue weighted by molar-refractivity contribution is 5.50. The monoisotopic (exact) mass is 500 g/mol. The Bertz CT molecular complexity index is 1430. The third-order valence-electron chi connectivity index (χ3n) is 5.36. The minimum Gasteiger partial charge on any atom is -0.388 e. The van der Waals surface area contributed by atoms with E-state index < -0.39 is 46.8 Å². The van der Waals surface area contributed by atoms with Crippen LogP contribution in [0.1, 0.15) is 22.4 Å². The lowest BCUT2D eigenvalue weighted by molar-refractivity contribution is -0.207. The van der Waals surface area contributed by atoms with Crippen molar-refractivity contribution in [1.29, 1.82) is 0 Å². The van der Waals surface area contributed by atoms with Crippen molar-refractivity contribution in [1.82, 2.24) is 25.2 Å². The van der Waals surface area contributed by atoms with Crippen molar-refractivity contribution in [2.24, 2.45) is 0 Å². The number of benzene rings is 2. The predicted molar refractivity (Wildman–Crippen MR) is 118 cm³/mol. The normalized spacial score (nSPS) is 13.0. The Balaban J connectivity index is 1.69. The van der Waals surface area contributed by atoms with Crippen molar-refractivity contribution in [3.8, 4) is 11.8 Å². The second kappa shape index (κ2) is 9.71. The molecule has 0 saturated heterocycles. The minimum atomic E-state index is -4.20. The average Bonchev–Trinajstić information content (AvgIpc) is 3.36. The molecule has 0 fully saturated rings. The molecule has 184 valence electrons. The van der Waals surface area contributed by atoms with Crippen molar-refractivity contribution in [3.63, 3.8) is 0 Å². The van der Waals surface area contributed by atoms with Gasteiger partial charge in [-0.05, 0) is 52.9 Å². The van der Waals surface area contributed by atoms with E-state index >= 15 is 8.78 Å². The third kappa shape index (κ3) is 4.73. The van der Waals surface area contributed by atoms with Gasteiger partial charge < -0.3 is 10.4 Å². The fraction of sp³-hybridized carbons (Fsp3) is 0.167. The Hall–Kier alpha value is -4.37. The van der Waals surface area contributed by atoms with Gasteiger partial charge in [-0.15, -0.1) is 5.10 Å². The minimum absolute atomic E-state index is 0.0889. The van der Waals surface area contributed by atoms with E-state index in [1.807, 2.05) is 0 Å². The highest BCUT2D eigenvalue weighted by Gasteiger charge is 2.57. The summed E-state index contributed by atoms with van der Waals surface area (Å²) in [5.74, 6) is -1.94. The van der Waals surface area contributed by atoms with Gasteiger partial charge in [-0.2, -0.15) is 8.78 Å². The van der Waals surface area contributed by atoms with Gasteiger partial charge in [0.15, 0.2) is 5.60 Å². The van der Waals surface area contributed by atoms with Crippen LogP contribution >= 0.6 is 0 Å². The predicted octanol–water partition coefficient (Wildman–Crippen LogP) is 3.61. The maximum absolute atomic E-state index is 15.7. The van der Waals surface area contributed by atoms with E-state index in [9.17, 15) is 18.3 Å². The molecule has 2 aromatic carbocycles. The van der Waals surface area contributed by atoms with Gasteiger partial charge in [-0.1, -0.05) is 11.8 Å². The first kappa shape index (κ1) is 24.7. The van der Waals surface area contributed by atoms with Crippen LogP contribution < -0.4 is 5.32 Å². The topological polar surface area (TPSA) is 88.8 Å². The fourth-order valence-electron chi connectivity index (χ4n) is 3.44. The van der Waals surface area contributed by atoms with Gasteiger partial charge in [0.2, 0.25) is 0 Å². The molecular formula is C24H17F5N6O. The number of aliphatic hydroxyl groups is 1. The van der Waals surface area contributed by atoms with E-state index in [1.165, 1.54) is 18.2 Å². The molecule has 0 aliphatic rings. The van der Waals surface area contributed by atoms with Crippen LogP contribution in [0, 0.1) is 29.3 Å². The Kier molecular flexibility index (Phi) is 6.67. The zero-order valence-corrected chi connectivity index (χ0v) is 18.6. The van der Waals surface area contributed by atoms with Gasteiger partial charge in [0.05, 0.1) is 12.1 Å². The second-order valence-electron chi connectivity index (χ2n) is 7.69. The van der Waals surface area contributed by atoms with E-state index in [2.05, 4.69) is 37.7 Å². The first-order valence-corrected chi connectivity index (χ1v) is 10.4. The van der Waals surface area contributed by atoms with Crippen molar-refractivity contribution < 1.29 is 27.1 Å². The summed E-state index contributed by atoms with van der Waals surface area (Å²) in [5.41, 5.74) is -4.22. The molecular weight excluding hydrogens is 483 g/mol.